The van der Waals surface area contributed by atoms with Gasteiger partial charge in [-0.05, 0) is 30.3 Å². The Labute approximate surface area is 157 Å². The van der Waals surface area contributed by atoms with Crippen LogP contribution in [0.2, 0.25) is 0 Å². The van der Waals surface area contributed by atoms with Crippen LogP contribution < -0.4 is 15.0 Å². The molecule has 0 spiro atoms. The average molecular weight is 388 g/mol. The Hall–Kier alpha value is -2.87. The number of rotatable bonds is 6. The van der Waals surface area contributed by atoms with Crippen LogP contribution in [-0.4, -0.2) is 39.6 Å². The zero-order valence-electron chi connectivity index (χ0n) is 15.0. The summed E-state index contributed by atoms with van der Waals surface area (Å²) in [5.74, 6) is -0.380. The highest BCUT2D eigenvalue weighted by Gasteiger charge is 2.38. The van der Waals surface area contributed by atoms with Crippen molar-refractivity contribution in [2.75, 3.05) is 24.3 Å². The van der Waals surface area contributed by atoms with Crippen molar-refractivity contribution in [3.63, 3.8) is 0 Å². The van der Waals surface area contributed by atoms with Gasteiger partial charge in [-0.25, -0.2) is 8.42 Å². The van der Waals surface area contributed by atoms with Crippen molar-refractivity contribution in [1.82, 2.24) is 5.32 Å². The summed E-state index contributed by atoms with van der Waals surface area (Å²) in [5, 5.41) is 2.62. The Balaban J connectivity index is 1.88. The van der Waals surface area contributed by atoms with Gasteiger partial charge in [0.05, 0.1) is 17.8 Å². The first-order valence-corrected chi connectivity index (χ1v) is 10.0. The van der Waals surface area contributed by atoms with E-state index < -0.39 is 15.9 Å². The van der Waals surface area contributed by atoms with Gasteiger partial charge in [-0.3, -0.25) is 9.59 Å². The van der Waals surface area contributed by atoms with E-state index in [0.29, 0.717) is 17.0 Å². The molecule has 0 radical (unpaired) electrons. The maximum absolute atomic E-state index is 12.8. The van der Waals surface area contributed by atoms with Gasteiger partial charge in [0.2, 0.25) is 5.91 Å². The molecule has 0 fully saturated rings. The predicted molar refractivity (Wildman–Crippen MR) is 100 cm³/mol. The minimum absolute atomic E-state index is 0.00846. The van der Waals surface area contributed by atoms with Gasteiger partial charge >= 0.3 is 0 Å². The summed E-state index contributed by atoms with van der Waals surface area (Å²) < 4.78 is 30.3. The lowest BCUT2D eigenvalue weighted by Crippen LogP contribution is -2.38. The molecule has 27 heavy (non-hydrogen) atoms. The fourth-order valence-corrected chi connectivity index (χ4v) is 4.31. The standard InChI is InChI=1S/C19H20N2O5S/c1-13(22)20-18-16-12-14(26-2)8-9-17(16)21(19(18)23)10-11-27(24,25)15-6-4-3-5-7-15/h3-9,12,18H,10-11H2,1-2H3,(H,20,22)/t18-/m1/s1. The molecule has 1 aliphatic rings. The first-order chi connectivity index (χ1) is 12.8. The number of hydrogen-bond acceptors (Lipinski definition) is 5. The van der Waals surface area contributed by atoms with Crippen LogP contribution >= 0.6 is 0 Å². The molecule has 1 N–H and O–H groups in total. The molecule has 1 aliphatic heterocycles. The Morgan fingerprint density at radius 1 is 1.19 bits per heavy atom. The zero-order valence-corrected chi connectivity index (χ0v) is 15.8. The summed E-state index contributed by atoms with van der Waals surface area (Å²) in [6.07, 6.45) is 0. The average Bonchev–Trinajstić information content (AvgIpc) is 2.91. The molecule has 1 atom stereocenters. The van der Waals surface area contributed by atoms with Crippen molar-refractivity contribution in [1.29, 1.82) is 0 Å². The largest absolute Gasteiger partial charge is 0.497 e. The quantitative estimate of drug-likeness (QED) is 0.813. The van der Waals surface area contributed by atoms with E-state index in [0.717, 1.165) is 0 Å². The smallest absolute Gasteiger partial charge is 0.254 e. The van der Waals surface area contributed by atoms with Crippen LogP contribution in [0.5, 0.6) is 5.75 Å². The lowest BCUT2D eigenvalue weighted by Gasteiger charge is -2.18. The van der Waals surface area contributed by atoms with E-state index in [9.17, 15) is 18.0 Å². The van der Waals surface area contributed by atoms with Gasteiger partial charge in [-0.2, -0.15) is 0 Å². The van der Waals surface area contributed by atoms with Crippen LogP contribution in [0.25, 0.3) is 0 Å². The van der Waals surface area contributed by atoms with Gasteiger partial charge in [-0.1, -0.05) is 18.2 Å². The molecular weight excluding hydrogens is 368 g/mol. The van der Waals surface area contributed by atoms with Crippen molar-refractivity contribution in [3.05, 3.63) is 54.1 Å². The molecule has 2 aromatic carbocycles. The Morgan fingerprint density at radius 3 is 2.52 bits per heavy atom. The van der Waals surface area contributed by atoms with Gasteiger partial charge in [-0.15, -0.1) is 0 Å². The number of benzene rings is 2. The number of sulfone groups is 1. The van der Waals surface area contributed by atoms with E-state index in [4.69, 9.17) is 4.74 Å². The summed E-state index contributed by atoms with van der Waals surface area (Å²) in [5.41, 5.74) is 1.16. The summed E-state index contributed by atoms with van der Waals surface area (Å²) in [4.78, 5) is 25.9. The number of nitrogens with zero attached hydrogens (tertiary/aromatic N) is 1. The minimum atomic E-state index is -3.53. The SMILES string of the molecule is COc1ccc2c(c1)[C@@H](NC(C)=O)C(=O)N2CCS(=O)(=O)c1ccccc1. The molecule has 8 heteroatoms. The maximum atomic E-state index is 12.8. The number of amides is 2. The number of methoxy groups -OCH3 is 1. The summed E-state index contributed by atoms with van der Waals surface area (Å²) in [7, 11) is -2.02. The fourth-order valence-electron chi connectivity index (χ4n) is 3.07. The van der Waals surface area contributed by atoms with E-state index in [-0.39, 0.29) is 29.0 Å². The van der Waals surface area contributed by atoms with Crippen LogP contribution in [0.3, 0.4) is 0 Å². The Kier molecular flexibility index (Phi) is 5.18. The van der Waals surface area contributed by atoms with Crippen LogP contribution in [0.1, 0.15) is 18.5 Å². The second-order valence-corrected chi connectivity index (χ2v) is 8.29. The molecule has 0 aliphatic carbocycles. The van der Waals surface area contributed by atoms with Gasteiger partial charge in [0, 0.05) is 24.7 Å². The van der Waals surface area contributed by atoms with Crippen LogP contribution in [0, 0.1) is 0 Å². The van der Waals surface area contributed by atoms with Crippen LogP contribution in [0.4, 0.5) is 5.69 Å². The van der Waals surface area contributed by atoms with E-state index >= 15 is 0 Å². The third kappa shape index (κ3) is 3.80. The van der Waals surface area contributed by atoms with Gasteiger partial charge in [0.1, 0.15) is 11.8 Å². The fraction of sp³-hybridized carbons (Fsp3) is 0.263. The second kappa shape index (κ2) is 7.40. The molecule has 0 aromatic heterocycles. The van der Waals surface area contributed by atoms with Crippen LogP contribution in [-0.2, 0) is 19.4 Å². The van der Waals surface area contributed by atoms with E-state index in [1.165, 1.54) is 31.1 Å². The number of hydrogen-bond donors (Lipinski definition) is 1. The molecule has 0 bridgehead atoms. The molecule has 1 heterocycles. The molecule has 0 saturated carbocycles. The number of anilines is 1. The lowest BCUT2D eigenvalue weighted by atomic mass is 10.1. The monoisotopic (exact) mass is 388 g/mol. The molecule has 2 aromatic rings. The Bertz CT molecular complexity index is 973. The lowest BCUT2D eigenvalue weighted by molar-refractivity contribution is -0.126. The highest BCUT2D eigenvalue weighted by atomic mass is 32.2. The van der Waals surface area contributed by atoms with Crippen molar-refractivity contribution < 1.29 is 22.7 Å². The summed E-state index contributed by atoms with van der Waals surface area (Å²) in [6, 6.07) is 12.3. The summed E-state index contributed by atoms with van der Waals surface area (Å²) in [6.45, 7) is 1.32. The summed E-state index contributed by atoms with van der Waals surface area (Å²) >= 11 is 0. The normalized spacial score (nSPS) is 16.1. The first kappa shape index (κ1) is 18.9. The molecule has 3 rings (SSSR count). The van der Waals surface area contributed by atoms with E-state index in [1.54, 1.807) is 36.4 Å². The topological polar surface area (TPSA) is 92.8 Å². The number of nitrogens with one attached hydrogen (secondary N) is 1. The minimum Gasteiger partial charge on any atom is -0.497 e. The van der Waals surface area contributed by atoms with E-state index in [1.807, 2.05) is 0 Å². The van der Waals surface area contributed by atoms with Gasteiger partial charge in [0.25, 0.3) is 5.91 Å². The molecule has 7 nitrogen and oxygen atoms in total. The number of fused-ring (bicyclic) bond motifs is 1. The highest BCUT2D eigenvalue weighted by molar-refractivity contribution is 7.91. The predicted octanol–water partition coefficient (Wildman–Crippen LogP) is 1.69. The van der Waals surface area contributed by atoms with Gasteiger partial charge < -0.3 is 15.0 Å². The van der Waals surface area contributed by atoms with Crippen LogP contribution in [0.15, 0.2) is 53.4 Å². The molecule has 2 amide bonds. The highest BCUT2D eigenvalue weighted by Crippen LogP contribution is 2.38. The van der Waals surface area contributed by atoms with Crippen molar-refractivity contribution in [3.8, 4) is 5.75 Å². The maximum Gasteiger partial charge on any atom is 0.254 e. The molecule has 0 saturated heterocycles. The number of carbonyl (C=O) groups is 2. The molecule has 142 valence electrons. The molecule has 0 unspecified atom stereocenters. The molecular formula is C19H20N2O5S. The van der Waals surface area contributed by atoms with Gasteiger partial charge in [0.15, 0.2) is 9.84 Å². The number of carbonyl (C=O) groups excluding carboxylic acids is 2. The van der Waals surface area contributed by atoms with Crippen molar-refractivity contribution >= 4 is 27.3 Å². The first-order valence-electron chi connectivity index (χ1n) is 8.37. The zero-order chi connectivity index (χ0) is 19.6. The third-order valence-electron chi connectivity index (χ3n) is 4.38. The Morgan fingerprint density at radius 2 is 1.89 bits per heavy atom. The van der Waals surface area contributed by atoms with Crippen molar-refractivity contribution in [2.45, 2.75) is 17.9 Å². The van der Waals surface area contributed by atoms with Crippen molar-refractivity contribution in [2.24, 2.45) is 0 Å². The second-order valence-electron chi connectivity index (χ2n) is 6.18. The number of ether oxygens (including phenoxy) is 1. The third-order valence-corrected chi connectivity index (χ3v) is 6.09. The van der Waals surface area contributed by atoms with E-state index in [2.05, 4.69) is 5.32 Å².